The van der Waals surface area contributed by atoms with Gasteiger partial charge in [0.1, 0.15) is 0 Å². The lowest BCUT2D eigenvalue weighted by Gasteiger charge is -2.37. The number of rotatable bonds is 4. The molecular formula is C19H29N3O. The number of benzene rings is 1. The summed E-state index contributed by atoms with van der Waals surface area (Å²) in [4.78, 5) is 19.3. The fourth-order valence-electron chi connectivity index (χ4n) is 3.72. The van der Waals surface area contributed by atoms with E-state index in [2.05, 4.69) is 52.0 Å². The van der Waals surface area contributed by atoms with Crippen molar-refractivity contribution in [3.8, 4) is 0 Å². The van der Waals surface area contributed by atoms with E-state index in [1.807, 2.05) is 0 Å². The van der Waals surface area contributed by atoms with Crippen molar-refractivity contribution in [3.05, 3.63) is 35.9 Å². The third kappa shape index (κ3) is 4.79. The lowest BCUT2D eigenvalue weighted by molar-refractivity contribution is -0.134. The molecule has 0 aliphatic carbocycles. The maximum absolute atomic E-state index is 12.5. The number of piperidine rings is 1. The van der Waals surface area contributed by atoms with Gasteiger partial charge < -0.3 is 4.90 Å². The number of hydrogen-bond donors (Lipinski definition) is 0. The zero-order valence-electron chi connectivity index (χ0n) is 14.3. The molecule has 1 amide bonds. The summed E-state index contributed by atoms with van der Waals surface area (Å²) in [5, 5.41) is 0. The second-order valence-electron chi connectivity index (χ2n) is 7.13. The van der Waals surface area contributed by atoms with E-state index in [-0.39, 0.29) is 0 Å². The van der Waals surface area contributed by atoms with Gasteiger partial charge in [-0.25, -0.2) is 0 Å². The predicted molar refractivity (Wildman–Crippen MR) is 93.1 cm³/mol. The molecule has 4 heteroatoms. The highest BCUT2D eigenvalue weighted by Crippen LogP contribution is 2.16. The van der Waals surface area contributed by atoms with Crippen LogP contribution in [-0.4, -0.2) is 66.4 Å². The summed E-state index contributed by atoms with van der Waals surface area (Å²) >= 11 is 0. The summed E-state index contributed by atoms with van der Waals surface area (Å²) in [5.41, 5.74) is 1.36. The van der Waals surface area contributed by atoms with Gasteiger partial charge in [0.2, 0.25) is 5.91 Å². The molecule has 1 atom stereocenters. The first kappa shape index (κ1) is 16.5. The standard InChI is InChI=1S/C19H29N3O/c1-17-6-5-9-21(14-17)16-19(23)22-12-10-20(11-13-22)15-18-7-3-2-4-8-18/h2-4,7-8,17H,5-6,9-16H2,1H3. The average molecular weight is 315 g/mol. The Kier molecular flexibility index (Phi) is 5.68. The summed E-state index contributed by atoms with van der Waals surface area (Å²) in [5.74, 6) is 1.05. The smallest absolute Gasteiger partial charge is 0.236 e. The number of piperazine rings is 1. The summed E-state index contributed by atoms with van der Waals surface area (Å²) in [6, 6.07) is 10.6. The zero-order chi connectivity index (χ0) is 16.1. The minimum absolute atomic E-state index is 0.318. The second kappa shape index (κ2) is 7.93. The van der Waals surface area contributed by atoms with Gasteiger partial charge in [-0.2, -0.15) is 0 Å². The Bertz CT molecular complexity index is 497. The van der Waals surface area contributed by atoms with E-state index in [0.717, 1.165) is 51.7 Å². The Morgan fingerprint density at radius 2 is 1.78 bits per heavy atom. The second-order valence-corrected chi connectivity index (χ2v) is 7.13. The molecule has 0 bridgehead atoms. The van der Waals surface area contributed by atoms with Gasteiger partial charge in [-0.3, -0.25) is 14.6 Å². The summed E-state index contributed by atoms with van der Waals surface area (Å²) in [7, 11) is 0. The van der Waals surface area contributed by atoms with Gasteiger partial charge in [-0.15, -0.1) is 0 Å². The summed E-state index contributed by atoms with van der Waals surface area (Å²) in [6.07, 6.45) is 2.54. The molecular weight excluding hydrogens is 286 g/mol. The number of nitrogens with zero attached hydrogens (tertiary/aromatic N) is 3. The highest BCUT2D eigenvalue weighted by Gasteiger charge is 2.24. The van der Waals surface area contributed by atoms with Crippen LogP contribution >= 0.6 is 0 Å². The first-order chi connectivity index (χ1) is 11.2. The first-order valence-corrected chi connectivity index (χ1v) is 8.97. The van der Waals surface area contributed by atoms with Crippen molar-refractivity contribution < 1.29 is 4.79 Å². The van der Waals surface area contributed by atoms with Crippen molar-refractivity contribution in [1.29, 1.82) is 0 Å². The van der Waals surface area contributed by atoms with Gasteiger partial charge in [0.25, 0.3) is 0 Å². The molecule has 0 N–H and O–H groups in total. The van der Waals surface area contributed by atoms with E-state index < -0.39 is 0 Å². The molecule has 2 aliphatic rings. The molecule has 2 fully saturated rings. The molecule has 0 spiro atoms. The van der Waals surface area contributed by atoms with E-state index in [9.17, 15) is 4.79 Å². The average Bonchev–Trinajstić information content (AvgIpc) is 2.56. The number of carbonyl (C=O) groups excluding carboxylic acids is 1. The van der Waals surface area contributed by atoms with E-state index in [4.69, 9.17) is 0 Å². The van der Waals surface area contributed by atoms with Crippen molar-refractivity contribution >= 4 is 5.91 Å². The molecule has 1 unspecified atom stereocenters. The van der Waals surface area contributed by atoms with Crippen LogP contribution in [0.5, 0.6) is 0 Å². The van der Waals surface area contributed by atoms with Crippen LogP contribution in [0.1, 0.15) is 25.3 Å². The molecule has 2 aliphatic heterocycles. The number of carbonyl (C=O) groups is 1. The summed E-state index contributed by atoms with van der Waals surface area (Å²) in [6.45, 7) is 9.77. The molecule has 0 radical (unpaired) electrons. The van der Waals surface area contributed by atoms with Gasteiger partial charge >= 0.3 is 0 Å². The van der Waals surface area contributed by atoms with E-state index in [1.165, 1.54) is 18.4 Å². The Hall–Kier alpha value is -1.39. The zero-order valence-corrected chi connectivity index (χ0v) is 14.3. The van der Waals surface area contributed by atoms with Gasteiger partial charge in [0.15, 0.2) is 0 Å². The van der Waals surface area contributed by atoms with Crippen LogP contribution in [0.4, 0.5) is 0 Å². The minimum Gasteiger partial charge on any atom is -0.339 e. The molecule has 0 aromatic heterocycles. The largest absolute Gasteiger partial charge is 0.339 e. The normalized spacial score (nSPS) is 23.9. The van der Waals surface area contributed by atoms with Gasteiger partial charge in [0.05, 0.1) is 6.54 Å². The monoisotopic (exact) mass is 315 g/mol. The highest BCUT2D eigenvalue weighted by atomic mass is 16.2. The number of amides is 1. The van der Waals surface area contributed by atoms with Crippen molar-refractivity contribution in [2.45, 2.75) is 26.3 Å². The molecule has 2 heterocycles. The van der Waals surface area contributed by atoms with Crippen LogP contribution in [0.3, 0.4) is 0 Å². The predicted octanol–water partition coefficient (Wildman–Crippen LogP) is 2.06. The number of likely N-dealkylation sites (tertiary alicyclic amines) is 1. The molecule has 1 aromatic rings. The van der Waals surface area contributed by atoms with Crippen LogP contribution < -0.4 is 0 Å². The third-order valence-electron chi connectivity index (χ3n) is 5.07. The first-order valence-electron chi connectivity index (χ1n) is 8.97. The van der Waals surface area contributed by atoms with Crippen LogP contribution in [0.15, 0.2) is 30.3 Å². The third-order valence-corrected chi connectivity index (χ3v) is 5.07. The SMILES string of the molecule is CC1CCCN(CC(=O)N2CCN(Cc3ccccc3)CC2)C1. The fourth-order valence-corrected chi connectivity index (χ4v) is 3.72. The van der Waals surface area contributed by atoms with Crippen LogP contribution in [0, 0.1) is 5.92 Å². The van der Waals surface area contributed by atoms with Crippen molar-refractivity contribution in [1.82, 2.24) is 14.7 Å². The molecule has 4 nitrogen and oxygen atoms in total. The van der Waals surface area contributed by atoms with E-state index >= 15 is 0 Å². The molecule has 3 rings (SSSR count). The molecule has 1 aromatic carbocycles. The molecule has 0 saturated carbocycles. The maximum Gasteiger partial charge on any atom is 0.236 e. The van der Waals surface area contributed by atoms with E-state index in [0.29, 0.717) is 12.5 Å². The Morgan fingerprint density at radius 1 is 1.04 bits per heavy atom. The molecule has 23 heavy (non-hydrogen) atoms. The minimum atomic E-state index is 0.318. The maximum atomic E-state index is 12.5. The quantitative estimate of drug-likeness (QED) is 0.851. The van der Waals surface area contributed by atoms with Crippen LogP contribution in [0.2, 0.25) is 0 Å². The summed E-state index contributed by atoms with van der Waals surface area (Å²) < 4.78 is 0. The van der Waals surface area contributed by atoms with Crippen LogP contribution in [-0.2, 0) is 11.3 Å². The topological polar surface area (TPSA) is 26.8 Å². The highest BCUT2D eigenvalue weighted by molar-refractivity contribution is 5.78. The van der Waals surface area contributed by atoms with Gasteiger partial charge in [0, 0.05) is 39.3 Å². The van der Waals surface area contributed by atoms with Crippen molar-refractivity contribution in [2.24, 2.45) is 5.92 Å². The molecule has 2 saturated heterocycles. The number of hydrogen-bond acceptors (Lipinski definition) is 3. The lowest BCUT2D eigenvalue weighted by Crippen LogP contribution is -2.51. The Morgan fingerprint density at radius 3 is 2.48 bits per heavy atom. The van der Waals surface area contributed by atoms with Crippen molar-refractivity contribution in [2.75, 3.05) is 45.8 Å². The lowest BCUT2D eigenvalue weighted by atomic mass is 10.0. The van der Waals surface area contributed by atoms with Crippen LogP contribution in [0.25, 0.3) is 0 Å². The van der Waals surface area contributed by atoms with Gasteiger partial charge in [-0.05, 0) is 30.9 Å². The Balaban J connectivity index is 1.42. The molecule has 126 valence electrons. The van der Waals surface area contributed by atoms with Gasteiger partial charge in [-0.1, -0.05) is 37.3 Å². The van der Waals surface area contributed by atoms with Crippen molar-refractivity contribution in [3.63, 3.8) is 0 Å². The fraction of sp³-hybridized carbons (Fsp3) is 0.632. The van der Waals surface area contributed by atoms with E-state index in [1.54, 1.807) is 0 Å². The Labute approximate surface area is 140 Å².